The molecule has 0 fully saturated rings. The standard InChI is InChI=1S/C7H5NO2/c1-5-6(3-8)2-7(4-9)10-5/h2,4H,1H3. The Hall–Kier alpha value is -1.56. The number of hydrogen-bond acceptors (Lipinski definition) is 3. The summed E-state index contributed by atoms with van der Waals surface area (Å²) in [5.41, 5.74) is 0.419. The van der Waals surface area contributed by atoms with Gasteiger partial charge in [0.25, 0.3) is 0 Å². The molecular weight excluding hydrogens is 130 g/mol. The molecule has 0 saturated heterocycles. The monoisotopic (exact) mass is 135 g/mol. The van der Waals surface area contributed by atoms with Crippen molar-refractivity contribution >= 4 is 6.29 Å². The molecule has 0 N–H and O–H groups in total. The molecule has 1 rings (SSSR count). The molecule has 0 spiro atoms. The summed E-state index contributed by atoms with van der Waals surface area (Å²) in [7, 11) is 0. The molecule has 1 aromatic rings. The van der Waals surface area contributed by atoms with Gasteiger partial charge < -0.3 is 4.42 Å². The summed E-state index contributed by atoms with van der Waals surface area (Å²) >= 11 is 0. The lowest BCUT2D eigenvalue weighted by molar-refractivity contribution is 0.109. The van der Waals surface area contributed by atoms with Crippen LogP contribution in [0.2, 0.25) is 0 Å². The van der Waals surface area contributed by atoms with Gasteiger partial charge in [-0.15, -0.1) is 0 Å². The fourth-order valence-corrected chi connectivity index (χ4v) is 0.674. The van der Waals surface area contributed by atoms with Crippen molar-refractivity contribution in [3.8, 4) is 6.07 Å². The number of carbonyl (C=O) groups excluding carboxylic acids is 1. The first-order valence-electron chi connectivity index (χ1n) is 2.73. The van der Waals surface area contributed by atoms with Crippen LogP contribution in [0.15, 0.2) is 10.5 Å². The van der Waals surface area contributed by atoms with Crippen LogP contribution >= 0.6 is 0 Å². The first kappa shape index (κ1) is 6.56. The highest BCUT2D eigenvalue weighted by atomic mass is 16.3. The van der Waals surface area contributed by atoms with Crippen molar-refractivity contribution in [1.82, 2.24) is 0 Å². The van der Waals surface area contributed by atoms with E-state index in [-0.39, 0.29) is 5.76 Å². The minimum atomic E-state index is 0.203. The van der Waals surface area contributed by atoms with E-state index in [0.717, 1.165) is 0 Å². The van der Waals surface area contributed by atoms with Crippen molar-refractivity contribution in [2.45, 2.75) is 6.92 Å². The highest BCUT2D eigenvalue weighted by Gasteiger charge is 2.03. The zero-order chi connectivity index (χ0) is 7.56. The van der Waals surface area contributed by atoms with Crippen LogP contribution in [0.3, 0.4) is 0 Å². The number of furan rings is 1. The van der Waals surface area contributed by atoms with Crippen molar-refractivity contribution < 1.29 is 9.21 Å². The van der Waals surface area contributed by atoms with Gasteiger partial charge in [-0.1, -0.05) is 0 Å². The number of nitriles is 1. The van der Waals surface area contributed by atoms with Crippen LogP contribution in [-0.2, 0) is 0 Å². The first-order chi connectivity index (χ1) is 4.77. The second-order valence-electron chi connectivity index (χ2n) is 1.85. The summed E-state index contributed by atoms with van der Waals surface area (Å²) in [4.78, 5) is 10.1. The van der Waals surface area contributed by atoms with E-state index < -0.39 is 0 Å². The van der Waals surface area contributed by atoms with Gasteiger partial charge in [0.15, 0.2) is 12.0 Å². The SMILES string of the molecule is Cc1oc(C=O)cc1C#N. The molecule has 10 heavy (non-hydrogen) atoms. The molecule has 0 aliphatic carbocycles. The quantitative estimate of drug-likeness (QED) is 0.545. The Bertz CT molecular complexity index is 293. The topological polar surface area (TPSA) is 54.0 Å². The highest BCUT2D eigenvalue weighted by Crippen LogP contribution is 2.10. The van der Waals surface area contributed by atoms with Gasteiger partial charge in [0, 0.05) is 6.07 Å². The maximum absolute atomic E-state index is 10.1. The molecule has 0 aromatic carbocycles. The molecule has 3 nitrogen and oxygen atoms in total. The summed E-state index contributed by atoms with van der Waals surface area (Å²) in [6.07, 6.45) is 0.577. The van der Waals surface area contributed by atoms with Gasteiger partial charge in [-0.25, -0.2) is 0 Å². The van der Waals surface area contributed by atoms with Gasteiger partial charge in [0.1, 0.15) is 11.8 Å². The van der Waals surface area contributed by atoms with Crippen LogP contribution in [-0.4, -0.2) is 6.29 Å². The first-order valence-corrected chi connectivity index (χ1v) is 2.73. The lowest BCUT2D eigenvalue weighted by Crippen LogP contribution is -1.68. The van der Waals surface area contributed by atoms with Crippen LogP contribution < -0.4 is 0 Å². The van der Waals surface area contributed by atoms with Gasteiger partial charge in [0.2, 0.25) is 0 Å². The molecule has 1 heterocycles. The Balaban J connectivity index is 3.19. The van der Waals surface area contributed by atoms with Gasteiger partial charge in [0.05, 0.1) is 5.56 Å². The lowest BCUT2D eigenvalue weighted by Gasteiger charge is -1.78. The summed E-state index contributed by atoms with van der Waals surface area (Å²) < 4.78 is 4.86. The number of carbonyl (C=O) groups is 1. The van der Waals surface area contributed by atoms with E-state index in [2.05, 4.69) is 0 Å². The summed E-state index contributed by atoms with van der Waals surface area (Å²) in [6.45, 7) is 1.64. The fourth-order valence-electron chi connectivity index (χ4n) is 0.674. The molecule has 0 saturated carbocycles. The van der Waals surface area contributed by atoms with E-state index >= 15 is 0 Å². The summed E-state index contributed by atoms with van der Waals surface area (Å²) in [5.74, 6) is 0.693. The van der Waals surface area contributed by atoms with E-state index in [1.54, 1.807) is 6.92 Å². The Kier molecular flexibility index (Phi) is 1.55. The van der Waals surface area contributed by atoms with Crippen LogP contribution in [0.5, 0.6) is 0 Å². The zero-order valence-corrected chi connectivity index (χ0v) is 5.42. The third-order valence-electron chi connectivity index (χ3n) is 1.17. The fraction of sp³-hybridized carbons (Fsp3) is 0.143. The Morgan fingerprint density at radius 1 is 1.80 bits per heavy atom. The Morgan fingerprint density at radius 2 is 2.50 bits per heavy atom. The molecular formula is C7H5NO2. The molecule has 0 unspecified atom stereocenters. The zero-order valence-electron chi connectivity index (χ0n) is 5.42. The minimum Gasteiger partial charge on any atom is -0.457 e. The van der Waals surface area contributed by atoms with Crippen molar-refractivity contribution in [3.05, 3.63) is 23.2 Å². The molecule has 1 aromatic heterocycles. The molecule has 0 bridgehead atoms. The number of nitrogens with zero attached hydrogens (tertiary/aromatic N) is 1. The number of hydrogen-bond donors (Lipinski definition) is 0. The van der Waals surface area contributed by atoms with Crippen LogP contribution in [0, 0.1) is 18.3 Å². The molecule has 0 amide bonds. The Labute approximate surface area is 57.9 Å². The van der Waals surface area contributed by atoms with Crippen LogP contribution in [0.25, 0.3) is 0 Å². The molecule has 0 atom stereocenters. The predicted octanol–water partition coefficient (Wildman–Crippen LogP) is 1.27. The smallest absolute Gasteiger partial charge is 0.185 e. The lowest BCUT2D eigenvalue weighted by atomic mass is 10.3. The molecule has 0 aliphatic rings. The van der Waals surface area contributed by atoms with Gasteiger partial charge >= 0.3 is 0 Å². The molecule has 3 heteroatoms. The number of aldehydes is 1. The van der Waals surface area contributed by atoms with E-state index in [1.165, 1.54) is 6.07 Å². The van der Waals surface area contributed by atoms with Crippen LogP contribution in [0.1, 0.15) is 21.9 Å². The minimum absolute atomic E-state index is 0.203. The van der Waals surface area contributed by atoms with Crippen molar-refractivity contribution in [2.75, 3.05) is 0 Å². The third kappa shape index (κ3) is 0.914. The summed E-state index contributed by atoms with van der Waals surface area (Å²) in [6, 6.07) is 3.32. The summed E-state index contributed by atoms with van der Waals surface area (Å²) in [5, 5.41) is 8.40. The largest absolute Gasteiger partial charge is 0.457 e. The number of rotatable bonds is 1. The van der Waals surface area contributed by atoms with Crippen molar-refractivity contribution in [1.29, 1.82) is 5.26 Å². The van der Waals surface area contributed by atoms with Gasteiger partial charge in [-0.3, -0.25) is 4.79 Å². The number of aryl methyl sites for hydroxylation is 1. The second-order valence-corrected chi connectivity index (χ2v) is 1.85. The van der Waals surface area contributed by atoms with E-state index in [9.17, 15) is 4.79 Å². The normalized spacial score (nSPS) is 8.80. The maximum atomic E-state index is 10.1. The van der Waals surface area contributed by atoms with E-state index in [0.29, 0.717) is 17.6 Å². The average molecular weight is 135 g/mol. The molecule has 0 radical (unpaired) electrons. The van der Waals surface area contributed by atoms with Gasteiger partial charge in [-0.05, 0) is 6.92 Å². The van der Waals surface area contributed by atoms with Crippen molar-refractivity contribution in [3.63, 3.8) is 0 Å². The third-order valence-corrected chi connectivity index (χ3v) is 1.17. The van der Waals surface area contributed by atoms with E-state index in [4.69, 9.17) is 9.68 Å². The second kappa shape index (κ2) is 2.36. The van der Waals surface area contributed by atoms with Gasteiger partial charge in [-0.2, -0.15) is 5.26 Å². The Morgan fingerprint density at radius 3 is 2.80 bits per heavy atom. The van der Waals surface area contributed by atoms with Crippen molar-refractivity contribution in [2.24, 2.45) is 0 Å². The molecule has 50 valence electrons. The van der Waals surface area contributed by atoms with E-state index in [1.807, 2.05) is 6.07 Å². The molecule has 0 aliphatic heterocycles. The van der Waals surface area contributed by atoms with Crippen LogP contribution in [0.4, 0.5) is 0 Å². The predicted molar refractivity (Wildman–Crippen MR) is 33.5 cm³/mol. The maximum Gasteiger partial charge on any atom is 0.185 e. The highest BCUT2D eigenvalue weighted by molar-refractivity contribution is 5.71. The average Bonchev–Trinajstić information content (AvgIpc) is 2.30.